The number of nitrogens with zero attached hydrogens (tertiary/aromatic N) is 4. The van der Waals surface area contributed by atoms with Gasteiger partial charge >= 0.3 is 0 Å². The van der Waals surface area contributed by atoms with Gasteiger partial charge in [0.05, 0.1) is 24.2 Å². The average molecular weight is 660 g/mol. The van der Waals surface area contributed by atoms with Crippen LogP contribution in [0.2, 0.25) is 0 Å². The molecule has 4 aromatic rings. The topological polar surface area (TPSA) is 102 Å². The number of para-hydroxylation sites is 2. The van der Waals surface area contributed by atoms with E-state index in [1.165, 1.54) is 12.0 Å². The summed E-state index contributed by atoms with van der Waals surface area (Å²) in [5, 5.41) is 2.97. The Morgan fingerprint density at radius 3 is 2.24 bits per heavy atom. The Morgan fingerprint density at radius 2 is 1.51 bits per heavy atom. The van der Waals surface area contributed by atoms with Crippen LogP contribution >= 0.6 is 0 Å². The van der Waals surface area contributed by atoms with E-state index >= 15 is 0 Å². The molecule has 1 fully saturated rings. The van der Waals surface area contributed by atoms with Gasteiger partial charge < -0.3 is 29.7 Å². The minimum atomic E-state index is -0.330. The number of hydrogen-bond acceptors (Lipinski definition) is 6. The summed E-state index contributed by atoms with van der Waals surface area (Å²) in [6, 6.07) is 25.6. The van der Waals surface area contributed by atoms with Crippen LogP contribution in [-0.4, -0.2) is 86.9 Å². The molecule has 4 aromatic carbocycles. The number of piperazine rings is 1. The number of rotatable bonds is 7. The Kier molecular flexibility index (Phi) is 9.77. The number of nitrogens with one attached hydrogen (secondary N) is 1. The highest BCUT2D eigenvalue weighted by atomic mass is 16.5. The fourth-order valence-electron chi connectivity index (χ4n) is 6.50. The summed E-state index contributed by atoms with van der Waals surface area (Å²) >= 11 is 0. The van der Waals surface area contributed by atoms with Crippen molar-refractivity contribution in [3.05, 3.63) is 107 Å². The fourth-order valence-corrected chi connectivity index (χ4v) is 6.50. The van der Waals surface area contributed by atoms with Crippen molar-refractivity contribution in [1.82, 2.24) is 9.80 Å². The van der Waals surface area contributed by atoms with Gasteiger partial charge in [-0.05, 0) is 74.0 Å². The van der Waals surface area contributed by atoms with Gasteiger partial charge in [0, 0.05) is 50.3 Å². The van der Waals surface area contributed by atoms with Crippen LogP contribution in [0.3, 0.4) is 0 Å². The molecule has 1 N–H and O–H groups in total. The van der Waals surface area contributed by atoms with Crippen molar-refractivity contribution in [1.29, 1.82) is 0 Å². The maximum atomic E-state index is 14.1. The molecular formula is C39H41N5O5. The number of fused-ring (bicyclic) bond motifs is 1. The van der Waals surface area contributed by atoms with Crippen molar-refractivity contribution in [2.24, 2.45) is 0 Å². The van der Waals surface area contributed by atoms with Crippen molar-refractivity contribution in [2.75, 3.05) is 68.5 Å². The molecule has 0 spiro atoms. The lowest BCUT2D eigenvalue weighted by molar-refractivity contribution is -0.132. The van der Waals surface area contributed by atoms with Crippen molar-refractivity contribution in [2.45, 2.75) is 20.3 Å². The van der Waals surface area contributed by atoms with Gasteiger partial charge in [-0.2, -0.15) is 0 Å². The normalized spacial score (nSPS) is 15.0. The number of likely N-dealkylation sites (N-methyl/N-ethyl adjacent to an activating group) is 1. The summed E-state index contributed by atoms with van der Waals surface area (Å²) in [6.45, 7) is 6.91. The number of methoxy groups -OCH3 is 1. The Morgan fingerprint density at radius 1 is 0.796 bits per heavy atom. The molecule has 0 bridgehead atoms. The minimum Gasteiger partial charge on any atom is -0.495 e. The molecule has 0 aliphatic carbocycles. The lowest BCUT2D eigenvalue weighted by Gasteiger charge is -2.34. The van der Waals surface area contributed by atoms with Gasteiger partial charge in [0.1, 0.15) is 12.3 Å². The minimum absolute atomic E-state index is 0.0571. The van der Waals surface area contributed by atoms with Crippen LogP contribution in [0, 0.1) is 13.8 Å². The van der Waals surface area contributed by atoms with Crippen LogP contribution in [0.4, 0.5) is 17.1 Å². The van der Waals surface area contributed by atoms with E-state index < -0.39 is 0 Å². The zero-order valence-electron chi connectivity index (χ0n) is 28.4. The summed E-state index contributed by atoms with van der Waals surface area (Å²) < 4.78 is 5.65. The fraction of sp³-hybridized carbons (Fsp3) is 0.282. The van der Waals surface area contributed by atoms with Crippen LogP contribution in [-0.2, 0) is 9.59 Å². The highest BCUT2D eigenvalue weighted by molar-refractivity contribution is 6.13. The second kappa shape index (κ2) is 14.3. The summed E-state index contributed by atoms with van der Waals surface area (Å²) in [5.41, 5.74) is 6.32. The second-order valence-corrected chi connectivity index (χ2v) is 12.6. The molecule has 49 heavy (non-hydrogen) atoms. The first-order valence-corrected chi connectivity index (χ1v) is 16.5. The van der Waals surface area contributed by atoms with Crippen molar-refractivity contribution >= 4 is 40.7 Å². The third-order valence-electron chi connectivity index (χ3n) is 9.25. The van der Waals surface area contributed by atoms with Gasteiger partial charge in [-0.25, -0.2) is 0 Å². The van der Waals surface area contributed by atoms with E-state index in [0.717, 1.165) is 35.3 Å². The van der Waals surface area contributed by atoms with E-state index in [2.05, 4.69) is 16.3 Å². The number of carbonyl (C=O) groups excluding carboxylic acids is 4. The Bertz CT molecular complexity index is 1920. The zero-order valence-corrected chi connectivity index (χ0v) is 28.4. The highest BCUT2D eigenvalue weighted by Gasteiger charge is 2.32. The number of anilines is 3. The van der Waals surface area contributed by atoms with Crippen molar-refractivity contribution in [3.63, 3.8) is 0 Å². The summed E-state index contributed by atoms with van der Waals surface area (Å²) in [6.07, 6.45) is 0.0571. The van der Waals surface area contributed by atoms with Gasteiger partial charge in [0.2, 0.25) is 11.8 Å². The molecular weight excluding hydrogens is 618 g/mol. The molecule has 6 rings (SSSR count). The highest BCUT2D eigenvalue weighted by Crippen LogP contribution is 2.35. The third kappa shape index (κ3) is 7.05. The van der Waals surface area contributed by atoms with E-state index in [0.29, 0.717) is 47.0 Å². The molecule has 252 valence electrons. The van der Waals surface area contributed by atoms with Crippen molar-refractivity contribution in [3.8, 4) is 16.9 Å². The van der Waals surface area contributed by atoms with Crippen LogP contribution in [0.15, 0.2) is 84.9 Å². The Labute approximate surface area is 286 Å². The molecule has 10 heteroatoms. The lowest BCUT2D eigenvalue weighted by Crippen LogP contribution is -2.50. The monoisotopic (exact) mass is 659 g/mol. The van der Waals surface area contributed by atoms with E-state index in [1.807, 2.05) is 57.3 Å². The van der Waals surface area contributed by atoms with Gasteiger partial charge in [0.25, 0.3) is 11.8 Å². The first-order valence-electron chi connectivity index (χ1n) is 16.5. The molecule has 0 saturated carbocycles. The maximum Gasteiger partial charge on any atom is 0.258 e. The number of hydrogen-bond donors (Lipinski definition) is 1. The Hall–Kier alpha value is -5.48. The molecule has 2 heterocycles. The molecule has 0 radical (unpaired) electrons. The number of ether oxygens (including phenoxy) is 1. The third-order valence-corrected chi connectivity index (χ3v) is 9.25. The molecule has 1 saturated heterocycles. The largest absolute Gasteiger partial charge is 0.495 e. The quantitative estimate of drug-likeness (QED) is 0.286. The average Bonchev–Trinajstić information content (AvgIpc) is 3.24. The van der Waals surface area contributed by atoms with E-state index in [9.17, 15) is 19.2 Å². The van der Waals surface area contributed by atoms with E-state index in [4.69, 9.17) is 4.74 Å². The molecule has 0 atom stereocenters. The predicted octanol–water partition coefficient (Wildman–Crippen LogP) is 5.39. The van der Waals surface area contributed by atoms with E-state index in [1.54, 1.807) is 52.3 Å². The van der Waals surface area contributed by atoms with Gasteiger partial charge in [-0.15, -0.1) is 0 Å². The van der Waals surface area contributed by atoms with Crippen molar-refractivity contribution < 1.29 is 23.9 Å². The van der Waals surface area contributed by atoms with Gasteiger partial charge in [0.15, 0.2) is 0 Å². The second-order valence-electron chi connectivity index (χ2n) is 12.6. The molecule has 2 aliphatic heterocycles. The summed E-state index contributed by atoms with van der Waals surface area (Å²) in [7, 11) is 3.51. The predicted molar refractivity (Wildman–Crippen MR) is 191 cm³/mol. The SMILES string of the molecule is COc1cc(C(=O)N2CCC(=O)N(CC(=O)N3CCN(C)CC3)c3ccccc32)ccc1NC(=O)c1ccccc1-c1ccc(C)cc1C. The van der Waals surface area contributed by atoms with Crippen LogP contribution in [0.5, 0.6) is 5.75 Å². The molecule has 2 aliphatic rings. The smallest absolute Gasteiger partial charge is 0.258 e. The molecule has 4 amide bonds. The molecule has 10 nitrogen and oxygen atoms in total. The molecule has 0 aromatic heterocycles. The van der Waals surface area contributed by atoms with Crippen LogP contribution in [0.25, 0.3) is 11.1 Å². The first kappa shape index (κ1) is 33.4. The van der Waals surface area contributed by atoms with Gasteiger partial charge in [-0.3, -0.25) is 19.2 Å². The maximum absolute atomic E-state index is 14.1. The van der Waals surface area contributed by atoms with Gasteiger partial charge in [-0.1, -0.05) is 54.1 Å². The van der Waals surface area contributed by atoms with Crippen LogP contribution in [0.1, 0.15) is 38.3 Å². The zero-order chi connectivity index (χ0) is 34.7. The van der Waals surface area contributed by atoms with E-state index in [-0.39, 0.29) is 43.1 Å². The first-order chi connectivity index (χ1) is 23.6. The number of aryl methyl sites for hydroxylation is 2. The Balaban J connectivity index is 1.23. The summed E-state index contributed by atoms with van der Waals surface area (Å²) in [4.78, 5) is 61.4. The number of benzene rings is 4. The molecule has 0 unspecified atom stereocenters. The number of amides is 4. The standard InChI is InChI=1S/C39H41N5O5/c1-26-13-15-29(27(2)23-26)30-9-5-6-10-31(30)38(47)40-32-16-14-28(24-35(32)49-4)39(48)43-18-17-36(45)44(34-12-8-7-11-33(34)43)25-37(46)42-21-19-41(3)20-22-42/h5-16,23-24H,17-22,25H2,1-4H3,(H,40,47). The lowest BCUT2D eigenvalue weighted by atomic mass is 9.94. The summed E-state index contributed by atoms with van der Waals surface area (Å²) in [5.74, 6) is -0.651. The number of carbonyl (C=O) groups is 4. The van der Waals surface area contributed by atoms with Crippen LogP contribution < -0.4 is 19.9 Å².